The first-order valence-corrected chi connectivity index (χ1v) is 6.43. The molecule has 92 valence electrons. The van der Waals surface area contributed by atoms with E-state index in [0.29, 0.717) is 0 Å². The summed E-state index contributed by atoms with van der Waals surface area (Å²) < 4.78 is 12.0. The van der Waals surface area contributed by atoms with Gasteiger partial charge in [0.15, 0.2) is 0 Å². The standard InChI is InChI=1S/C15H20O2/c1-12-3-5-13(6-4-12)9-15-8-7-14(2,10-17-15)16-11-15/h3-6H,7-11H2,1-2H3. The molecule has 3 heterocycles. The zero-order chi connectivity index (χ0) is 11.9. The van der Waals surface area contributed by atoms with Crippen molar-refractivity contribution in [3.05, 3.63) is 35.4 Å². The van der Waals surface area contributed by atoms with Crippen molar-refractivity contribution in [1.29, 1.82) is 0 Å². The molecule has 2 bridgehead atoms. The third-order valence-corrected chi connectivity index (χ3v) is 4.12. The second-order valence-electron chi connectivity index (χ2n) is 5.87. The average Bonchev–Trinajstić information content (AvgIpc) is 2.35. The molecule has 1 aromatic rings. The first-order chi connectivity index (χ1) is 8.09. The maximum atomic E-state index is 6.08. The van der Waals surface area contributed by atoms with E-state index in [1.54, 1.807) is 0 Å². The van der Waals surface area contributed by atoms with Gasteiger partial charge in [-0.1, -0.05) is 29.8 Å². The Morgan fingerprint density at radius 1 is 1.06 bits per heavy atom. The van der Waals surface area contributed by atoms with Crippen molar-refractivity contribution in [2.45, 2.75) is 44.3 Å². The zero-order valence-corrected chi connectivity index (χ0v) is 10.7. The number of hydrogen-bond donors (Lipinski definition) is 0. The second kappa shape index (κ2) is 3.82. The smallest absolute Gasteiger partial charge is 0.0957 e. The number of fused-ring (bicyclic) bond motifs is 3. The third-order valence-electron chi connectivity index (χ3n) is 4.12. The molecule has 0 amide bonds. The fourth-order valence-corrected chi connectivity index (χ4v) is 2.74. The van der Waals surface area contributed by atoms with Crippen molar-refractivity contribution in [2.75, 3.05) is 13.2 Å². The van der Waals surface area contributed by atoms with Crippen LogP contribution in [0.25, 0.3) is 0 Å². The van der Waals surface area contributed by atoms with Crippen LogP contribution in [-0.4, -0.2) is 24.4 Å². The summed E-state index contributed by atoms with van der Waals surface area (Å²) in [6.07, 6.45) is 3.22. The summed E-state index contributed by atoms with van der Waals surface area (Å²) in [5.74, 6) is 0. The zero-order valence-electron chi connectivity index (χ0n) is 10.7. The molecule has 0 saturated carbocycles. The van der Waals surface area contributed by atoms with Gasteiger partial charge in [0.2, 0.25) is 0 Å². The van der Waals surface area contributed by atoms with E-state index in [0.717, 1.165) is 32.5 Å². The van der Waals surface area contributed by atoms with Gasteiger partial charge >= 0.3 is 0 Å². The van der Waals surface area contributed by atoms with Gasteiger partial charge in [-0.05, 0) is 32.3 Å². The van der Waals surface area contributed by atoms with E-state index in [-0.39, 0.29) is 11.2 Å². The minimum absolute atomic E-state index is 0.0188. The van der Waals surface area contributed by atoms with Gasteiger partial charge in [0.05, 0.1) is 24.4 Å². The van der Waals surface area contributed by atoms with Crippen LogP contribution >= 0.6 is 0 Å². The summed E-state index contributed by atoms with van der Waals surface area (Å²) in [4.78, 5) is 0. The normalized spacial score (nSPS) is 36.1. The molecule has 2 unspecified atom stereocenters. The number of rotatable bonds is 2. The van der Waals surface area contributed by atoms with Crippen molar-refractivity contribution in [1.82, 2.24) is 0 Å². The lowest BCUT2D eigenvalue weighted by atomic mass is 9.80. The van der Waals surface area contributed by atoms with Crippen LogP contribution in [0.3, 0.4) is 0 Å². The van der Waals surface area contributed by atoms with E-state index in [2.05, 4.69) is 38.1 Å². The van der Waals surface area contributed by atoms with Gasteiger partial charge in [0.25, 0.3) is 0 Å². The maximum Gasteiger partial charge on any atom is 0.0957 e. The number of hydrogen-bond acceptors (Lipinski definition) is 2. The van der Waals surface area contributed by atoms with Crippen LogP contribution in [0.15, 0.2) is 24.3 Å². The summed E-state index contributed by atoms with van der Waals surface area (Å²) in [5, 5.41) is 0. The monoisotopic (exact) mass is 232 g/mol. The minimum Gasteiger partial charge on any atom is -0.370 e. The second-order valence-corrected chi connectivity index (χ2v) is 5.87. The first-order valence-electron chi connectivity index (χ1n) is 6.43. The van der Waals surface area contributed by atoms with Gasteiger partial charge in [0, 0.05) is 6.42 Å². The molecular weight excluding hydrogens is 212 g/mol. The number of ether oxygens (including phenoxy) is 2. The summed E-state index contributed by atoms with van der Waals surface area (Å²) in [6, 6.07) is 8.75. The van der Waals surface area contributed by atoms with E-state index >= 15 is 0 Å². The van der Waals surface area contributed by atoms with E-state index in [1.807, 2.05) is 0 Å². The van der Waals surface area contributed by atoms with Crippen LogP contribution in [0.4, 0.5) is 0 Å². The third kappa shape index (κ3) is 2.12. The lowest BCUT2D eigenvalue weighted by molar-refractivity contribution is -0.271. The molecule has 0 spiro atoms. The molecular formula is C15H20O2. The molecule has 3 fully saturated rings. The minimum atomic E-state index is -0.0625. The molecule has 0 radical (unpaired) electrons. The van der Waals surface area contributed by atoms with E-state index in [1.165, 1.54) is 11.1 Å². The SMILES string of the molecule is Cc1ccc(CC23CCC(C)(CO2)OC3)cc1. The molecule has 1 aromatic carbocycles. The molecule has 2 nitrogen and oxygen atoms in total. The highest BCUT2D eigenvalue weighted by molar-refractivity contribution is 5.23. The van der Waals surface area contributed by atoms with Crippen molar-refractivity contribution in [3.8, 4) is 0 Å². The Bertz CT molecular complexity index is 383. The van der Waals surface area contributed by atoms with Gasteiger partial charge in [-0.15, -0.1) is 0 Å². The molecule has 2 atom stereocenters. The van der Waals surface area contributed by atoms with Crippen molar-refractivity contribution in [3.63, 3.8) is 0 Å². The van der Waals surface area contributed by atoms with Gasteiger partial charge in [-0.3, -0.25) is 0 Å². The average molecular weight is 232 g/mol. The summed E-state index contributed by atoms with van der Waals surface area (Å²) in [5.41, 5.74) is 2.58. The summed E-state index contributed by atoms with van der Waals surface area (Å²) in [7, 11) is 0. The van der Waals surface area contributed by atoms with Gasteiger partial charge in [-0.25, -0.2) is 0 Å². The van der Waals surface area contributed by atoms with E-state index in [4.69, 9.17) is 9.47 Å². The maximum absolute atomic E-state index is 6.08. The predicted molar refractivity (Wildman–Crippen MR) is 67.2 cm³/mol. The molecule has 3 aliphatic rings. The van der Waals surface area contributed by atoms with Crippen LogP contribution in [0.5, 0.6) is 0 Å². The molecule has 3 aliphatic heterocycles. The van der Waals surface area contributed by atoms with Crippen LogP contribution in [0, 0.1) is 6.92 Å². The van der Waals surface area contributed by atoms with Crippen LogP contribution in [0.2, 0.25) is 0 Å². The fraction of sp³-hybridized carbons (Fsp3) is 0.600. The fourth-order valence-electron chi connectivity index (χ4n) is 2.74. The Balaban J connectivity index is 1.75. The van der Waals surface area contributed by atoms with Crippen molar-refractivity contribution >= 4 is 0 Å². The van der Waals surface area contributed by atoms with Gasteiger partial charge in [-0.2, -0.15) is 0 Å². The molecule has 0 N–H and O–H groups in total. The Hall–Kier alpha value is -0.860. The molecule has 0 aromatic heterocycles. The van der Waals surface area contributed by atoms with E-state index in [9.17, 15) is 0 Å². The lowest BCUT2D eigenvalue weighted by Crippen LogP contribution is -2.59. The van der Waals surface area contributed by atoms with Crippen LogP contribution < -0.4 is 0 Å². The number of benzene rings is 1. The van der Waals surface area contributed by atoms with Crippen LogP contribution in [-0.2, 0) is 15.9 Å². The highest BCUT2D eigenvalue weighted by atomic mass is 16.6. The van der Waals surface area contributed by atoms with Gasteiger partial charge in [0.1, 0.15) is 0 Å². The predicted octanol–water partition coefficient (Wildman–Crippen LogP) is 2.88. The Kier molecular flexibility index (Phi) is 2.53. The van der Waals surface area contributed by atoms with Gasteiger partial charge < -0.3 is 9.47 Å². The van der Waals surface area contributed by atoms with Crippen LogP contribution in [0.1, 0.15) is 30.9 Å². The number of aryl methyl sites for hydroxylation is 1. The molecule has 17 heavy (non-hydrogen) atoms. The topological polar surface area (TPSA) is 18.5 Å². The molecule has 0 aliphatic carbocycles. The Morgan fingerprint density at radius 3 is 2.35 bits per heavy atom. The van der Waals surface area contributed by atoms with E-state index < -0.39 is 0 Å². The summed E-state index contributed by atoms with van der Waals surface area (Å²) in [6.45, 7) is 5.77. The molecule has 3 saturated heterocycles. The highest BCUT2D eigenvalue weighted by Crippen LogP contribution is 2.41. The van der Waals surface area contributed by atoms with Crippen molar-refractivity contribution < 1.29 is 9.47 Å². The Labute approximate surface area is 103 Å². The lowest BCUT2D eigenvalue weighted by Gasteiger charge is -2.51. The molecule has 4 rings (SSSR count). The van der Waals surface area contributed by atoms with Crippen molar-refractivity contribution in [2.24, 2.45) is 0 Å². The first kappa shape index (κ1) is 11.2. The summed E-state index contributed by atoms with van der Waals surface area (Å²) >= 11 is 0. The Morgan fingerprint density at radius 2 is 1.82 bits per heavy atom. The molecule has 2 heteroatoms. The quantitative estimate of drug-likeness (QED) is 0.780. The highest BCUT2D eigenvalue weighted by Gasteiger charge is 2.48. The largest absolute Gasteiger partial charge is 0.370 e.